The van der Waals surface area contributed by atoms with Gasteiger partial charge in [0.1, 0.15) is 0 Å². The Hall–Kier alpha value is -0.0800. The molecule has 0 fully saturated rings. The van der Waals surface area contributed by atoms with Gasteiger partial charge in [-0.2, -0.15) is 0 Å². The van der Waals surface area contributed by atoms with Crippen LogP contribution in [-0.2, 0) is 0 Å². The van der Waals surface area contributed by atoms with Gasteiger partial charge in [-0.15, -0.1) is 0 Å². The SMILES string of the molecule is Cc1ccc(C=CCCBr)cc1Br. The van der Waals surface area contributed by atoms with Crippen LogP contribution in [0.3, 0.4) is 0 Å². The number of allylic oxidation sites excluding steroid dienone is 1. The van der Waals surface area contributed by atoms with E-state index in [4.69, 9.17) is 0 Å². The van der Waals surface area contributed by atoms with Gasteiger partial charge in [-0.3, -0.25) is 0 Å². The molecule has 0 aliphatic rings. The Balaban J connectivity index is 2.73. The molecule has 0 N–H and O–H groups in total. The molecule has 0 heterocycles. The summed E-state index contributed by atoms with van der Waals surface area (Å²) in [6.07, 6.45) is 5.39. The number of alkyl halides is 1. The van der Waals surface area contributed by atoms with Crippen LogP contribution >= 0.6 is 31.9 Å². The molecule has 0 saturated heterocycles. The standard InChI is InChI=1S/C11H12Br2/c1-9-5-6-10(8-11(9)13)4-2-3-7-12/h2,4-6,8H,3,7H2,1H3. The third-order valence-corrected chi connectivity index (χ3v) is 3.09. The molecule has 1 aromatic rings. The van der Waals surface area contributed by atoms with E-state index >= 15 is 0 Å². The maximum Gasteiger partial charge on any atom is 0.0210 e. The first kappa shape index (κ1) is 11.0. The maximum absolute atomic E-state index is 3.51. The van der Waals surface area contributed by atoms with Gasteiger partial charge in [-0.05, 0) is 30.5 Å². The Labute approximate surface area is 96.3 Å². The fourth-order valence-corrected chi connectivity index (χ4v) is 1.66. The first-order valence-corrected chi connectivity index (χ1v) is 6.14. The highest BCUT2D eigenvalue weighted by atomic mass is 79.9. The summed E-state index contributed by atoms with van der Waals surface area (Å²) in [6.45, 7) is 2.09. The average molecular weight is 304 g/mol. The molecule has 0 nitrogen and oxygen atoms in total. The molecule has 0 spiro atoms. The predicted molar refractivity (Wildman–Crippen MR) is 66.3 cm³/mol. The lowest BCUT2D eigenvalue weighted by Crippen LogP contribution is -1.77. The van der Waals surface area contributed by atoms with E-state index in [2.05, 4.69) is 69.1 Å². The second-order valence-electron chi connectivity index (χ2n) is 2.89. The Bertz CT molecular complexity index is 303. The third-order valence-electron chi connectivity index (χ3n) is 1.78. The lowest BCUT2D eigenvalue weighted by molar-refractivity contribution is 1.27. The van der Waals surface area contributed by atoms with Crippen molar-refractivity contribution in [1.29, 1.82) is 0 Å². The van der Waals surface area contributed by atoms with E-state index in [9.17, 15) is 0 Å². The second kappa shape index (κ2) is 5.61. The summed E-state index contributed by atoms with van der Waals surface area (Å²) in [6, 6.07) is 6.39. The van der Waals surface area contributed by atoms with Crippen LogP contribution in [0.15, 0.2) is 28.7 Å². The van der Waals surface area contributed by atoms with Gasteiger partial charge in [0.15, 0.2) is 0 Å². The van der Waals surface area contributed by atoms with Crippen molar-refractivity contribution in [3.63, 3.8) is 0 Å². The van der Waals surface area contributed by atoms with Gasteiger partial charge >= 0.3 is 0 Å². The Morgan fingerprint density at radius 1 is 1.38 bits per heavy atom. The molecule has 0 aliphatic heterocycles. The highest BCUT2D eigenvalue weighted by Gasteiger charge is 1.93. The first-order chi connectivity index (χ1) is 6.24. The molecule has 0 radical (unpaired) electrons. The third kappa shape index (κ3) is 3.65. The van der Waals surface area contributed by atoms with Gasteiger partial charge in [0.05, 0.1) is 0 Å². The van der Waals surface area contributed by atoms with E-state index in [1.807, 2.05) is 0 Å². The maximum atomic E-state index is 3.51. The minimum absolute atomic E-state index is 1.02. The lowest BCUT2D eigenvalue weighted by atomic mass is 10.1. The highest BCUT2D eigenvalue weighted by Crippen LogP contribution is 2.18. The molecular weight excluding hydrogens is 292 g/mol. The normalized spacial score (nSPS) is 11.0. The quantitative estimate of drug-likeness (QED) is 0.718. The molecule has 0 atom stereocenters. The van der Waals surface area contributed by atoms with Crippen LogP contribution in [0.1, 0.15) is 17.5 Å². The molecule has 0 unspecified atom stereocenters. The zero-order chi connectivity index (χ0) is 9.68. The molecular formula is C11H12Br2. The van der Waals surface area contributed by atoms with E-state index < -0.39 is 0 Å². The Kier molecular flexibility index (Phi) is 4.74. The van der Waals surface area contributed by atoms with Gasteiger partial charge < -0.3 is 0 Å². The minimum Gasteiger partial charge on any atom is -0.0925 e. The molecule has 0 aliphatic carbocycles. The van der Waals surface area contributed by atoms with Crippen LogP contribution in [0.2, 0.25) is 0 Å². The van der Waals surface area contributed by atoms with E-state index in [-0.39, 0.29) is 0 Å². The topological polar surface area (TPSA) is 0 Å². The molecule has 0 bridgehead atoms. The fraction of sp³-hybridized carbons (Fsp3) is 0.273. The van der Waals surface area contributed by atoms with Crippen molar-refractivity contribution in [2.75, 3.05) is 5.33 Å². The van der Waals surface area contributed by atoms with Gasteiger partial charge in [0.25, 0.3) is 0 Å². The molecule has 0 aromatic heterocycles. The first-order valence-electron chi connectivity index (χ1n) is 4.22. The molecule has 13 heavy (non-hydrogen) atoms. The number of benzene rings is 1. The summed E-state index contributed by atoms with van der Waals surface area (Å²) in [4.78, 5) is 0. The number of halogens is 2. The van der Waals surface area contributed by atoms with Crippen molar-refractivity contribution in [2.45, 2.75) is 13.3 Å². The van der Waals surface area contributed by atoms with Crippen molar-refractivity contribution in [3.05, 3.63) is 39.9 Å². The van der Waals surface area contributed by atoms with Crippen LogP contribution in [0.5, 0.6) is 0 Å². The average Bonchev–Trinajstić information content (AvgIpc) is 2.12. The predicted octanol–water partition coefficient (Wildman–Crippen LogP) is 4.56. The van der Waals surface area contributed by atoms with Crippen molar-refractivity contribution in [2.24, 2.45) is 0 Å². The number of rotatable bonds is 3. The van der Waals surface area contributed by atoms with Crippen molar-refractivity contribution >= 4 is 37.9 Å². The number of hydrogen-bond acceptors (Lipinski definition) is 0. The Morgan fingerprint density at radius 3 is 2.77 bits per heavy atom. The summed E-state index contributed by atoms with van der Waals surface area (Å²) in [5.41, 5.74) is 2.52. The van der Waals surface area contributed by atoms with Crippen LogP contribution in [0, 0.1) is 6.92 Å². The minimum atomic E-state index is 1.02. The summed E-state index contributed by atoms with van der Waals surface area (Å²) in [5, 5.41) is 1.02. The summed E-state index contributed by atoms with van der Waals surface area (Å²) >= 11 is 6.90. The van der Waals surface area contributed by atoms with E-state index in [0.717, 1.165) is 11.8 Å². The van der Waals surface area contributed by atoms with E-state index in [1.165, 1.54) is 15.6 Å². The number of aryl methyl sites for hydroxylation is 1. The van der Waals surface area contributed by atoms with Gasteiger partial charge in [0, 0.05) is 9.80 Å². The summed E-state index contributed by atoms with van der Waals surface area (Å²) < 4.78 is 1.17. The second-order valence-corrected chi connectivity index (χ2v) is 4.54. The fourth-order valence-electron chi connectivity index (χ4n) is 0.995. The van der Waals surface area contributed by atoms with Crippen molar-refractivity contribution in [3.8, 4) is 0 Å². The van der Waals surface area contributed by atoms with E-state index in [0.29, 0.717) is 0 Å². The van der Waals surface area contributed by atoms with E-state index in [1.54, 1.807) is 0 Å². The van der Waals surface area contributed by atoms with Crippen LogP contribution in [-0.4, -0.2) is 5.33 Å². The largest absolute Gasteiger partial charge is 0.0925 e. The molecule has 1 rings (SSSR count). The summed E-state index contributed by atoms with van der Waals surface area (Å²) in [7, 11) is 0. The highest BCUT2D eigenvalue weighted by molar-refractivity contribution is 9.10. The molecule has 0 saturated carbocycles. The van der Waals surface area contributed by atoms with Crippen LogP contribution in [0.4, 0.5) is 0 Å². The number of hydrogen-bond donors (Lipinski definition) is 0. The van der Waals surface area contributed by atoms with Gasteiger partial charge in [-0.25, -0.2) is 0 Å². The molecule has 2 heteroatoms. The zero-order valence-electron chi connectivity index (χ0n) is 7.56. The van der Waals surface area contributed by atoms with Crippen molar-refractivity contribution < 1.29 is 0 Å². The lowest BCUT2D eigenvalue weighted by Gasteiger charge is -1.98. The van der Waals surface area contributed by atoms with Crippen molar-refractivity contribution in [1.82, 2.24) is 0 Å². The zero-order valence-corrected chi connectivity index (χ0v) is 10.7. The van der Waals surface area contributed by atoms with Gasteiger partial charge in [-0.1, -0.05) is 56.1 Å². The smallest absolute Gasteiger partial charge is 0.0210 e. The van der Waals surface area contributed by atoms with Crippen LogP contribution in [0.25, 0.3) is 6.08 Å². The Morgan fingerprint density at radius 2 is 2.15 bits per heavy atom. The molecule has 1 aromatic carbocycles. The van der Waals surface area contributed by atoms with Gasteiger partial charge in [0.2, 0.25) is 0 Å². The molecule has 0 amide bonds. The molecule has 70 valence electrons. The summed E-state index contributed by atoms with van der Waals surface area (Å²) in [5.74, 6) is 0. The monoisotopic (exact) mass is 302 g/mol. The van der Waals surface area contributed by atoms with Crippen LogP contribution < -0.4 is 0 Å².